The standard InChI is InChI=1S/C26H32N10O2/c1-37-12-13-38-26(25-31-33-34-32-25)10-8-18(9-11-26)22-14-23(27)36-24(30-22)21(16-29-36)19-15-28-35(17-19)20-6-4-2-3-5-7-20/h2-6,14-18,25H,7-13,27H2,1H3,(H,31,34)(H,32,33). The molecule has 4 N–H and O–H groups in total. The first-order chi connectivity index (χ1) is 18.7. The number of rotatable bonds is 8. The van der Waals surface area contributed by atoms with Crippen LogP contribution in [0.15, 0.2) is 65.4 Å². The molecule has 1 aliphatic heterocycles. The van der Waals surface area contributed by atoms with Crippen LogP contribution in [0.5, 0.6) is 0 Å². The minimum Gasteiger partial charge on any atom is -0.384 e. The number of hydrazine groups is 1. The fourth-order valence-corrected chi connectivity index (χ4v) is 5.44. The SMILES string of the molecule is COCCOC1(C2N=NNN2)CCC(c2cc(N)n3ncc(-c4cnn(C5=CC=CC=CC5)c4)c3n2)CC1. The molecule has 1 unspecified atom stereocenters. The lowest BCUT2D eigenvalue weighted by Crippen LogP contribution is -2.53. The normalized spacial score (nSPS) is 25.0. The number of hydrogen-bond acceptors (Lipinski definition) is 10. The van der Waals surface area contributed by atoms with Crippen LogP contribution in [-0.2, 0) is 9.47 Å². The Morgan fingerprint density at radius 2 is 2.03 bits per heavy atom. The third-order valence-corrected chi connectivity index (χ3v) is 7.53. The van der Waals surface area contributed by atoms with E-state index in [9.17, 15) is 0 Å². The van der Waals surface area contributed by atoms with Gasteiger partial charge < -0.3 is 15.2 Å². The van der Waals surface area contributed by atoms with Gasteiger partial charge in [0.2, 0.25) is 0 Å². The van der Waals surface area contributed by atoms with Crippen LogP contribution >= 0.6 is 0 Å². The Bertz CT molecular complexity index is 1410. The molecule has 198 valence electrons. The Balaban J connectivity index is 1.25. The van der Waals surface area contributed by atoms with Crippen LogP contribution in [0.25, 0.3) is 22.5 Å². The third kappa shape index (κ3) is 4.62. The zero-order valence-electron chi connectivity index (χ0n) is 21.3. The van der Waals surface area contributed by atoms with Crippen molar-refractivity contribution in [2.75, 3.05) is 26.1 Å². The summed E-state index contributed by atoms with van der Waals surface area (Å²) in [5.74, 6) is 0.807. The highest BCUT2D eigenvalue weighted by atomic mass is 16.5. The highest BCUT2D eigenvalue weighted by molar-refractivity contribution is 5.77. The summed E-state index contributed by atoms with van der Waals surface area (Å²) in [7, 11) is 1.67. The second-order valence-electron chi connectivity index (χ2n) is 9.80. The predicted molar refractivity (Wildman–Crippen MR) is 142 cm³/mol. The molecule has 1 saturated carbocycles. The smallest absolute Gasteiger partial charge is 0.169 e. The monoisotopic (exact) mass is 516 g/mol. The summed E-state index contributed by atoms with van der Waals surface area (Å²) >= 11 is 0. The molecule has 0 amide bonds. The number of nitrogen functional groups attached to an aromatic ring is 1. The molecule has 38 heavy (non-hydrogen) atoms. The molecule has 1 fully saturated rings. The van der Waals surface area contributed by atoms with E-state index in [0.29, 0.717) is 19.0 Å². The van der Waals surface area contributed by atoms with Gasteiger partial charge in [0.15, 0.2) is 11.8 Å². The predicted octanol–water partition coefficient (Wildman–Crippen LogP) is 3.39. The van der Waals surface area contributed by atoms with Crippen LogP contribution in [0.2, 0.25) is 0 Å². The maximum absolute atomic E-state index is 6.46. The number of hydrogen-bond donors (Lipinski definition) is 3. The summed E-state index contributed by atoms with van der Waals surface area (Å²) in [6.45, 7) is 1.03. The van der Waals surface area contributed by atoms with E-state index in [1.807, 2.05) is 47.6 Å². The second-order valence-corrected chi connectivity index (χ2v) is 9.80. The molecule has 0 saturated heterocycles. The highest BCUT2D eigenvalue weighted by Crippen LogP contribution is 2.42. The summed E-state index contributed by atoms with van der Waals surface area (Å²) in [6.07, 6.45) is 19.9. The van der Waals surface area contributed by atoms with Gasteiger partial charge >= 0.3 is 0 Å². The van der Waals surface area contributed by atoms with Crippen molar-refractivity contribution < 1.29 is 9.47 Å². The summed E-state index contributed by atoms with van der Waals surface area (Å²) in [4.78, 5) is 5.07. The summed E-state index contributed by atoms with van der Waals surface area (Å²) < 4.78 is 15.1. The number of anilines is 1. The number of fused-ring (bicyclic) bond motifs is 1. The van der Waals surface area contributed by atoms with Gasteiger partial charge in [0.05, 0.1) is 25.6 Å². The van der Waals surface area contributed by atoms with Gasteiger partial charge in [-0.2, -0.15) is 20.1 Å². The van der Waals surface area contributed by atoms with E-state index < -0.39 is 5.60 Å². The second kappa shape index (κ2) is 10.5. The lowest BCUT2D eigenvalue weighted by Gasteiger charge is -2.41. The van der Waals surface area contributed by atoms with E-state index in [2.05, 4.69) is 43.6 Å². The third-order valence-electron chi connectivity index (χ3n) is 7.53. The van der Waals surface area contributed by atoms with Gasteiger partial charge in [0.1, 0.15) is 11.4 Å². The van der Waals surface area contributed by atoms with Crippen LogP contribution in [0.4, 0.5) is 5.82 Å². The van der Waals surface area contributed by atoms with Crippen molar-refractivity contribution in [3.05, 3.63) is 60.7 Å². The largest absolute Gasteiger partial charge is 0.384 e. The van der Waals surface area contributed by atoms with Gasteiger partial charge in [-0.1, -0.05) is 29.5 Å². The van der Waals surface area contributed by atoms with Crippen LogP contribution < -0.4 is 16.7 Å². The maximum atomic E-state index is 6.46. The number of methoxy groups -OCH3 is 1. The van der Waals surface area contributed by atoms with Crippen molar-refractivity contribution in [3.8, 4) is 11.1 Å². The Kier molecular flexibility index (Phi) is 6.75. The Morgan fingerprint density at radius 3 is 2.84 bits per heavy atom. The number of nitrogens with one attached hydrogen (secondary N) is 2. The molecule has 3 aromatic rings. The average molecular weight is 517 g/mol. The number of ether oxygens (including phenoxy) is 2. The van der Waals surface area contributed by atoms with Crippen molar-refractivity contribution in [2.24, 2.45) is 10.3 Å². The molecule has 3 aliphatic rings. The van der Waals surface area contributed by atoms with E-state index in [-0.39, 0.29) is 12.1 Å². The van der Waals surface area contributed by atoms with Crippen molar-refractivity contribution in [2.45, 2.75) is 49.8 Å². The van der Waals surface area contributed by atoms with Gasteiger partial charge in [-0.3, -0.25) is 0 Å². The molecule has 3 aromatic heterocycles. The zero-order chi connectivity index (χ0) is 26.0. The number of aromatic nitrogens is 5. The van der Waals surface area contributed by atoms with Crippen molar-refractivity contribution in [1.29, 1.82) is 0 Å². The maximum Gasteiger partial charge on any atom is 0.169 e. The highest BCUT2D eigenvalue weighted by Gasteiger charge is 2.45. The van der Waals surface area contributed by atoms with E-state index in [0.717, 1.165) is 60.3 Å². The molecule has 0 aromatic carbocycles. The van der Waals surface area contributed by atoms with E-state index in [4.69, 9.17) is 20.2 Å². The lowest BCUT2D eigenvalue weighted by molar-refractivity contribution is -0.106. The van der Waals surface area contributed by atoms with Gasteiger partial charge in [-0.15, -0.1) is 5.11 Å². The summed E-state index contributed by atoms with van der Waals surface area (Å²) in [5.41, 5.74) is 16.5. The van der Waals surface area contributed by atoms with Crippen LogP contribution in [0.1, 0.15) is 43.7 Å². The Hall–Kier alpha value is -3.87. The zero-order valence-corrected chi connectivity index (χ0v) is 21.3. The van der Waals surface area contributed by atoms with E-state index in [1.165, 1.54) is 0 Å². The number of allylic oxidation sites excluding steroid dienone is 6. The first-order valence-corrected chi connectivity index (χ1v) is 12.9. The van der Waals surface area contributed by atoms with E-state index >= 15 is 0 Å². The number of nitrogens with two attached hydrogens (primary N) is 1. The van der Waals surface area contributed by atoms with Gasteiger partial charge in [-0.25, -0.2) is 15.2 Å². The molecule has 0 bridgehead atoms. The van der Waals surface area contributed by atoms with Gasteiger partial charge in [-0.05, 0) is 31.8 Å². The van der Waals surface area contributed by atoms with Gasteiger partial charge in [0, 0.05) is 54.2 Å². The topological polar surface area (TPSA) is 141 Å². The average Bonchev–Trinajstić information content (AvgIpc) is 3.68. The minimum absolute atomic E-state index is 0.242. The van der Waals surface area contributed by atoms with Gasteiger partial charge in [0.25, 0.3) is 0 Å². The molecule has 4 heterocycles. The molecule has 12 nitrogen and oxygen atoms in total. The van der Waals surface area contributed by atoms with Crippen LogP contribution in [0.3, 0.4) is 0 Å². The molecular formula is C26H32N10O2. The Labute approximate surface area is 220 Å². The molecule has 1 atom stereocenters. The van der Waals surface area contributed by atoms with Crippen molar-refractivity contribution in [1.82, 2.24) is 35.3 Å². The first-order valence-electron chi connectivity index (χ1n) is 12.9. The Morgan fingerprint density at radius 1 is 1.13 bits per heavy atom. The summed E-state index contributed by atoms with van der Waals surface area (Å²) in [6, 6.07) is 1.95. The minimum atomic E-state index is -0.453. The van der Waals surface area contributed by atoms with Crippen LogP contribution in [-0.4, -0.2) is 56.5 Å². The molecule has 12 heteroatoms. The summed E-state index contributed by atoms with van der Waals surface area (Å²) in [5, 5.41) is 17.3. The molecule has 2 aliphatic carbocycles. The molecular weight excluding hydrogens is 484 g/mol. The molecule has 6 rings (SSSR count). The quantitative estimate of drug-likeness (QED) is 0.387. The van der Waals surface area contributed by atoms with Crippen molar-refractivity contribution in [3.63, 3.8) is 0 Å². The van der Waals surface area contributed by atoms with Crippen LogP contribution in [0, 0.1) is 0 Å². The fraction of sp³-hybridized carbons (Fsp3) is 0.423. The molecule has 0 radical (unpaired) electrons. The first kappa shape index (κ1) is 24.5. The number of nitrogens with zero attached hydrogens (tertiary/aromatic N) is 7. The lowest BCUT2D eigenvalue weighted by atomic mass is 9.75. The van der Waals surface area contributed by atoms with E-state index in [1.54, 1.807) is 11.6 Å². The molecule has 0 spiro atoms. The fourth-order valence-electron chi connectivity index (χ4n) is 5.44. The van der Waals surface area contributed by atoms with Crippen molar-refractivity contribution >= 4 is 17.2 Å².